The molecule has 0 bridgehead atoms. The molecule has 0 aromatic heterocycles. The molecule has 2 aromatic carbocycles. The van der Waals surface area contributed by atoms with Crippen LogP contribution in [0.4, 0.5) is 5.69 Å². The van der Waals surface area contributed by atoms with Crippen LogP contribution in [0, 0.1) is 5.92 Å². The normalized spacial score (nSPS) is 22.7. The standard InChI is InChI=1S/C25H31NO3/c1-25(2)16-26-22-13-12-21(15-23(22)29-25)20-10-8-19(9-11-20)18-6-4-17(5-7-18)14-24(27)28-3/h8-13,15,17-18,26H,4-7,14,16H2,1-3H3. The van der Waals surface area contributed by atoms with Crippen LogP contribution >= 0.6 is 0 Å². The molecule has 4 rings (SSSR count). The molecule has 1 aliphatic carbocycles. The van der Waals surface area contributed by atoms with Gasteiger partial charge in [0.15, 0.2) is 0 Å². The van der Waals surface area contributed by atoms with E-state index in [0.717, 1.165) is 43.7 Å². The van der Waals surface area contributed by atoms with Crippen molar-refractivity contribution < 1.29 is 14.3 Å². The van der Waals surface area contributed by atoms with Crippen molar-refractivity contribution >= 4 is 11.7 Å². The number of carbonyl (C=O) groups is 1. The molecule has 154 valence electrons. The van der Waals surface area contributed by atoms with Gasteiger partial charge >= 0.3 is 5.97 Å². The fourth-order valence-corrected chi connectivity index (χ4v) is 4.54. The molecule has 1 fully saturated rings. The highest BCUT2D eigenvalue weighted by atomic mass is 16.5. The lowest BCUT2D eigenvalue weighted by atomic mass is 9.77. The van der Waals surface area contributed by atoms with Gasteiger partial charge in [-0.1, -0.05) is 30.3 Å². The molecule has 0 atom stereocenters. The van der Waals surface area contributed by atoms with Gasteiger partial charge in [0.1, 0.15) is 11.4 Å². The highest BCUT2D eigenvalue weighted by Gasteiger charge is 2.27. The Morgan fingerprint density at radius 1 is 1.07 bits per heavy atom. The van der Waals surface area contributed by atoms with Gasteiger partial charge in [-0.15, -0.1) is 0 Å². The first-order valence-electron chi connectivity index (χ1n) is 10.7. The van der Waals surface area contributed by atoms with Gasteiger partial charge in [0.2, 0.25) is 0 Å². The number of benzene rings is 2. The van der Waals surface area contributed by atoms with Gasteiger partial charge in [-0.25, -0.2) is 0 Å². The lowest BCUT2D eigenvalue weighted by Crippen LogP contribution is -2.39. The number of nitrogens with one attached hydrogen (secondary N) is 1. The Balaban J connectivity index is 1.42. The molecular weight excluding hydrogens is 362 g/mol. The molecule has 0 amide bonds. The molecule has 0 saturated heterocycles. The zero-order valence-electron chi connectivity index (χ0n) is 17.7. The van der Waals surface area contributed by atoms with Crippen molar-refractivity contribution in [2.45, 2.75) is 57.5 Å². The lowest BCUT2D eigenvalue weighted by molar-refractivity contribution is -0.142. The number of hydrogen-bond acceptors (Lipinski definition) is 4. The third-order valence-electron chi connectivity index (χ3n) is 6.32. The zero-order valence-corrected chi connectivity index (χ0v) is 17.7. The van der Waals surface area contributed by atoms with Crippen LogP contribution in [-0.4, -0.2) is 25.2 Å². The first kappa shape index (κ1) is 19.8. The van der Waals surface area contributed by atoms with Gasteiger partial charge in [0.25, 0.3) is 0 Å². The van der Waals surface area contributed by atoms with Crippen molar-refractivity contribution in [2.24, 2.45) is 5.92 Å². The molecule has 4 heteroatoms. The largest absolute Gasteiger partial charge is 0.484 e. The van der Waals surface area contributed by atoms with Crippen molar-refractivity contribution in [3.8, 4) is 16.9 Å². The summed E-state index contributed by atoms with van der Waals surface area (Å²) >= 11 is 0. The van der Waals surface area contributed by atoms with Crippen LogP contribution in [-0.2, 0) is 9.53 Å². The Labute approximate surface area is 173 Å². The number of fused-ring (bicyclic) bond motifs is 1. The molecule has 29 heavy (non-hydrogen) atoms. The minimum atomic E-state index is -0.192. The maximum absolute atomic E-state index is 11.5. The van der Waals surface area contributed by atoms with Gasteiger partial charge in [0, 0.05) is 6.42 Å². The van der Waals surface area contributed by atoms with Crippen molar-refractivity contribution in [1.82, 2.24) is 0 Å². The van der Waals surface area contributed by atoms with E-state index in [-0.39, 0.29) is 11.6 Å². The van der Waals surface area contributed by atoms with Gasteiger partial charge in [0.05, 0.1) is 19.3 Å². The number of carbonyl (C=O) groups excluding carboxylic acids is 1. The van der Waals surface area contributed by atoms with Crippen LogP contribution in [0.5, 0.6) is 5.75 Å². The molecule has 4 nitrogen and oxygen atoms in total. The minimum Gasteiger partial charge on any atom is -0.484 e. The summed E-state index contributed by atoms with van der Waals surface area (Å²) in [5, 5.41) is 3.45. The van der Waals surface area contributed by atoms with E-state index in [1.54, 1.807) is 0 Å². The highest BCUT2D eigenvalue weighted by Crippen LogP contribution is 2.39. The molecule has 1 N–H and O–H groups in total. The molecule has 1 heterocycles. The van der Waals surface area contributed by atoms with E-state index >= 15 is 0 Å². The smallest absolute Gasteiger partial charge is 0.305 e. The second-order valence-corrected chi connectivity index (χ2v) is 9.05. The van der Waals surface area contributed by atoms with Gasteiger partial charge < -0.3 is 14.8 Å². The van der Waals surface area contributed by atoms with E-state index in [0.29, 0.717) is 18.3 Å². The van der Waals surface area contributed by atoms with Gasteiger partial charge in [-0.3, -0.25) is 4.79 Å². The van der Waals surface area contributed by atoms with Crippen molar-refractivity contribution in [3.05, 3.63) is 48.0 Å². The number of esters is 1. The predicted molar refractivity (Wildman–Crippen MR) is 116 cm³/mol. The molecular formula is C25H31NO3. The van der Waals surface area contributed by atoms with Crippen LogP contribution in [0.15, 0.2) is 42.5 Å². The maximum Gasteiger partial charge on any atom is 0.305 e. The summed E-state index contributed by atoms with van der Waals surface area (Å²) in [6.07, 6.45) is 5.07. The van der Waals surface area contributed by atoms with Crippen molar-refractivity contribution in [1.29, 1.82) is 0 Å². The fraction of sp³-hybridized carbons (Fsp3) is 0.480. The van der Waals surface area contributed by atoms with Crippen LogP contribution in [0.3, 0.4) is 0 Å². The predicted octanol–water partition coefficient (Wildman–Crippen LogP) is 5.77. The quantitative estimate of drug-likeness (QED) is 0.670. The van der Waals surface area contributed by atoms with E-state index in [9.17, 15) is 4.79 Å². The Kier molecular flexibility index (Phi) is 5.53. The third-order valence-corrected chi connectivity index (χ3v) is 6.32. The second-order valence-electron chi connectivity index (χ2n) is 9.05. The maximum atomic E-state index is 11.5. The first-order valence-corrected chi connectivity index (χ1v) is 10.7. The number of anilines is 1. The van der Waals surface area contributed by atoms with E-state index in [1.165, 1.54) is 23.8 Å². The van der Waals surface area contributed by atoms with Crippen LogP contribution < -0.4 is 10.1 Å². The number of methoxy groups -OCH3 is 1. The Bertz CT molecular complexity index is 864. The zero-order chi connectivity index (χ0) is 20.4. The SMILES string of the molecule is COC(=O)CC1CCC(c2ccc(-c3ccc4c(c3)OC(C)(C)CN4)cc2)CC1. The van der Waals surface area contributed by atoms with E-state index in [2.05, 4.69) is 61.6 Å². The van der Waals surface area contributed by atoms with Crippen LogP contribution in [0.2, 0.25) is 0 Å². The van der Waals surface area contributed by atoms with Crippen molar-refractivity contribution in [2.75, 3.05) is 19.0 Å². The molecule has 1 saturated carbocycles. The summed E-state index contributed by atoms with van der Waals surface area (Å²) in [4.78, 5) is 11.5. The molecule has 1 aliphatic heterocycles. The Hall–Kier alpha value is -2.49. The van der Waals surface area contributed by atoms with Gasteiger partial charge in [-0.05, 0) is 80.2 Å². The average molecular weight is 394 g/mol. The van der Waals surface area contributed by atoms with E-state index in [1.807, 2.05) is 0 Å². The van der Waals surface area contributed by atoms with Crippen molar-refractivity contribution in [3.63, 3.8) is 0 Å². The third kappa shape index (κ3) is 4.58. The number of ether oxygens (including phenoxy) is 2. The van der Waals surface area contributed by atoms with Crippen LogP contribution in [0.1, 0.15) is 57.4 Å². The highest BCUT2D eigenvalue weighted by molar-refractivity contribution is 5.72. The monoisotopic (exact) mass is 393 g/mol. The molecule has 2 aromatic rings. The molecule has 0 radical (unpaired) electrons. The summed E-state index contributed by atoms with van der Waals surface area (Å²) in [6.45, 7) is 5.02. The van der Waals surface area contributed by atoms with E-state index in [4.69, 9.17) is 9.47 Å². The second kappa shape index (κ2) is 8.10. The fourth-order valence-electron chi connectivity index (χ4n) is 4.54. The Morgan fingerprint density at radius 3 is 2.45 bits per heavy atom. The minimum absolute atomic E-state index is 0.0783. The summed E-state index contributed by atoms with van der Waals surface area (Å²) in [6, 6.07) is 15.4. The number of rotatable bonds is 4. The van der Waals surface area contributed by atoms with E-state index < -0.39 is 0 Å². The summed E-state index contributed by atoms with van der Waals surface area (Å²) < 4.78 is 11.0. The molecule has 2 aliphatic rings. The average Bonchev–Trinajstić information content (AvgIpc) is 2.73. The molecule has 0 spiro atoms. The molecule has 0 unspecified atom stereocenters. The van der Waals surface area contributed by atoms with Gasteiger partial charge in [-0.2, -0.15) is 0 Å². The van der Waals surface area contributed by atoms with Crippen LogP contribution in [0.25, 0.3) is 11.1 Å². The number of hydrogen-bond donors (Lipinski definition) is 1. The topological polar surface area (TPSA) is 47.6 Å². The first-order chi connectivity index (χ1) is 13.9. The lowest BCUT2D eigenvalue weighted by Gasteiger charge is -2.33. The Morgan fingerprint density at radius 2 is 1.76 bits per heavy atom. The summed E-state index contributed by atoms with van der Waals surface area (Å²) in [5.41, 5.74) is 4.66. The summed E-state index contributed by atoms with van der Waals surface area (Å²) in [5.74, 6) is 1.92. The summed E-state index contributed by atoms with van der Waals surface area (Å²) in [7, 11) is 1.47.